The molecule has 0 aliphatic carbocycles. The first-order valence-corrected chi connectivity index (χ1v) is 5.59. The van der Waals surface area contributed by atoms with Gasteiger partial charge in [0.15, 0.2) is 0 Å². The van der Waals surface area contributed by atoms with Crippen molar-refractivity contribution >= 4 is 11.7 Å². The van der Waals surface area contributed by atoms with Crippen molar-refractivity contribution in [1.29, 1.82) is 0 Å². The molecule has 94 valence electrons. The van der Waals surface area contributed by atoms with Crippen molar-refractivity contribution in [3.63, 3.8) is 0 Å². The van der Waals surface area contributed by atoms with Gasteiger partial charge in [-0.15, -0.1) is 0 Å². The van der Waals surface area contributed by atoms with E-state index in [0.717, 1.165) is 5.56 Å². The smallest absolute Gasteiger partial charge is 0.277 e. The molecule has 6 heteroatoms. The molecule has 2 rings (SSSR count). The van der Waals surface area contributed by atoms with Crippen LogP contribution in [-0.4, -0.2) is 22.8 Å². The third-order valence-electron chi connectivity index (χ3n) is 2.67. The highest BCUT2D eigenvalue weighted by Crippen LogP contribution is 2.13. The van der Waals surface area contributed by atoms with Gasteiger partial charge in [-0.2, -0.15) is 0 Å². The van der Waals surface area contributed by atoms with Crippen LogP contribution in [-0.2, 0) is 0 Å². The molecule has 1 amide bonds. The summed E-state index contributed by atoms with van der Waals surface area (Å²) in [6.45, 7) is 2.52. The minimum atomic E-state index is -0.378. The van der Waals surface area contributed by atoms with E-state index in [1.54, 1.807) is 0 Å². The highest BCUT2D eigenvalue weighted by Gasteiger charge is 2.16. The number of nitrogens with one attached hydrogen (secondary N) is 1. The van der Waals surface area contributed by atoms with Gasteiger partial charge < -0.3 is 11.1 Å². The minimum Gasteiger partial charge on any atom is -0.379 e. The Hall–Kier alpha value is -2.37. The molecule has 0 aliphatic rings. The fraction of sp³-hybridized carbons (Fsp3) is 0.250. The van der Waals surface area contributed by atoms with Crippen molar-refractivity contribution in [1.82, 2.24) is 15.6 Å². The van der Waals surface area contributed by atoms with Crippen LogP contribution >= 0.6 is 0 Å². The van der Waals surface area contributed by atoms with Crippen LogP contribution in [0.4, 0.5) is 5.82 Å². The van der Waals surface area contributed by atoms with Gasteiger partial charge >= 0.3 is 0 Å². The van der Waals surface area contributed by atoms with Gasteiger partial charge in [-0.1, -0.05) is 37.3 Å². The molecule has 6 nitrogen and oxygen atoms in total. The fourth-order valence-electron chi connectivity index (χ4n) is 1.58. The molecule has 3 N–H and O–H groups in total. The summed E-state index contributed by atoms with van der Waals surface area (Å²) in [6.07, 6.45) is 0. The van der Waals surface area contributed by atoms with Crippen molar-refractivity contribution < 1.29 is 9.42 Å². The number of rotatable bonds is 4. The highest BCUT2D eigenvalue weighted by molar-refractivity contribution is 5.95. The molecule has 1 heterocycles. The van der Waals surface area contributed by atoms with E-state index < -0.39 is 0 Å². The number of carbonyl (C=O) groups is 1. The van der Waals surface area contributed by atoms with Crippen LogP contribution in [0, 0.1) is 0 Å². The van der Waals surface area contributed by atoms with Crippen molar-refractivity contribution in [2.45, 2.75) is 12.8 Å². The van der Waals surface area contributed by atoms with E-state index in [2.05, 4.69) is 20.3 Å². The molecule has 0 spiro atoms. The fourth-order valence-corrected chi connectivity index (χ4v) is 1.58. The van der Waals surface area contributed by atoms with E-state index in [1.165, 1.54) is 0 Å². The Morgan fingerprint density at radius 3 is 2.72 bits per heavy atom. The van der Waals surface area contributed by atoms with E-state index in [1.807, 2.05) is 37.3 Å². The topological polar surface area (TPSA) is 94.0 Å². The van der Waals surface area contributed by atoms with Gasteiger partial charge in [0.1, 0.15) is 0 Å². The Balaban J connectivity index is 1.93. The average molecular weight is 246 g/mol. The number of anilines is 1. The van der Waals surface area contributed by atoms with Crippen LogP contribution in [0.1, 0.15) is 28.9 Å². The third kappa shape index (κ3) is 2.65. The lowest BCUT2D eigenvalue weighted by Gasteiger charge is -2.12. The van der Waals surface area contributed by atoms with Gasteiger partial charge in [0, 0.05) is 6.54 Å². The zero-order chi connectivity index (χ0) is 13.0. The molecular weight excluding hydrogens is 232 g/mol. The molecule has 0 saturated heterocycles. The zero-order valence-electron chi connectivity index (χ0n) is 9.96. The maximum absolute atomic E-state index is 11.7. The van der Waals surface area contributed by atoms with Crippen LogP contribution in [0.25, 0.3) is 0 Å². The third-order valence-corrected chi connectivity index (χ3v) is 2.67. The van der Waals surface area contributed by atoms with Crippen LogP contribution in [0.3, 0.4) is 0 Å². The van der Waals surface area contributed by atoms with Gasteiger partial charge in [-0.05, 0) is 21.8 Å². The molecule has 1 unspecified atom stereocenters. The predicted molar refractivity (Wildman–Crippen MR) is 65.9 cm³/mol. The molecular formula is C12H14N4O2. The summed E-state index contributed by atoms with van der Waals surface area (Å²) in [5, 5.41) is 9.54. The molecule has 0 radical (unpaired) electrons. The Bertz CT molecular complexity index is 524. The summed E-state index contributed by atoms with van der Waals surface area (Å²) < 4.78 is 4.37. The largest absolute Gasteiger partial charge is 0.379 e. The van der Waals surface area contributed by atoms with Crippen molar-refractivity contribution in [3.8, 4) is 0 Å². The Labute approximate surface area is 104 Å². The SMILES string of the molecule is CC(CNC(=O)c1nonc1N)c1ccccc1. The maximum Gasteiger partial charge on any atom is 0.277 e. The van der Waals surface area contributed by atoms with Gasteiger partial charge in [0.25, 0.3) is 5.91 Å². The number of nitrogens with zero attached hydrogens (tertiary/aromatic N) is 2. The molecule has 0 saturated carbocycles. The van der Waals surface area contributed by atoms with Gasteiger partial charge in [0.2, 0.25) is 11.5 Å². The number of hydrogen-bond donors (Lipinski definition) is 2. The average Bonchev–Trinajstić information content (AvgIpc) is 2.83. The Kier molecular flexibility index (Phi) is 3.57. The standard InChI is InChI=1S/C12H14N4O2/c1-8(9-5-3-2-4-6-9)7-14-12(17)10-11(13)16-18-15-10/h2-6,8H,7H2,1H3,(H2,13,16)(H,14,17). The van der Waals surface area contributed by atoms with E-state index in [0.29, 0.717) is 6.54 Å². The second-order valence-electron chi connectivity index (χ2n) is 4.02. The summed E-state index contributed by atoms with van der Waals surface area (Å²) in [6, 6.07) is 9.92. The monoisotopic (exact) mass is 246 g/mol. The lowest BCUT2D eigenvalue weighted by Crippen LogP contribution is -2.28. The number of aromatic nitrogens is 2. The van der Waals surface area contributed by atoms with Crippen molar-refractivity contribution in [2.75, 3.05) is 12.3 Å². The van der Waals surface area contributed by atoms with Gasteiger partial charge in [-0.25, -0.2) is 4.63 Å². The first-order chi connectivity index (χ1) is 8.68. The quantitative estimate of drug-likeness (QED) is 0.844. The molecule has 0 bridgehead atoms. The van der Waals surface area contributed by atoms with Gasteiger partial charge in [0.05, 0.1) is 0 Å². The first kappa shape index (κ1) is 12.1. The maximum atomic E-state index is 11.7. The number of amides is 1. The summed E-state index contributed by atoms with van der Waals surface area (Å²) in [5.41, 5.74) is 6.61. The van der Waals surface area contributed by atoms with Crippen LogP contribution in [0.15, 0.2) is 35.0 Å². The Morgan fingerprint density at radius 1 is 1.39 bits per heavy atom. The summed E-state index contributed by atoms with van der Waals surface area (Å²) in [4.78, 5) is 11.7. The Morgan fingerprint density at radius 2 is 2.11 bits per heavy atom. The molecule has 1 aromatic carbocycles. The summed E-state index contributed by atoms with van der Waals surface area (Å²) in [7, 11) is 0. The summed E-state index contributed by atoms with van der Waals surface area (Å²) >= 11 is 0. The number of carbonyl (C=O) groups excluding carboxylic acids is 1. The van der Waals surface area contributed by atoms with Crippen molar-refractivity contribution in [3.05, 3.63) is 41.6 Å². The van der Waals surface area contributed by atoms with Crippen molar-refractivity contribution in [2.24, 2.45) is 0 Å². The molecule has 1 aromatic heterocycles. The number of nitrogens with two attached hydrogens (primary N) is 1. The van der Waals surface area contributed by atoms with Gasteiger partial charge in [-0.3, -0.25) is 4.79 Å². The number of benzene rings is 1. The van der Waals surface area contributed by atoms with E-state index in [4.69, 9.17) is 5.73 Å². The second-order valence-corrected chi connectivity index (χ2v) is 4.02. The van der Waals surface area contributed by atoms with E-state index in [9.17, 15) is 4.79 Å². The van der Waals surface area contributed by atoms with E-state index >= 15 is 0 Å². The molecule has 18 heavy (non-hydrogen) atoms. The lowest BCUT2D eigenvalue weighted by atomic mass is 10.0. The van der Waals surface area contributed by atoms with Crippen LogP contribution in [0.2, 0.25) is 0 Å². The van der Waals surface area contributed by atoms with E-state index in [-0.39, 0.29) is 23.3 Å². The molecule has 1 atom stereocenters. The number of hydrogen-bond acceptors (Lipinski definition) is 5. The van der Waals surface area contributed by atoms with Crippen LogP contribution in [0.5, 0.6) is 0 Å². The number of nitrogen functional groups attached to an aromatic ring is 1. The zero-order valence-corrected chi connectivity index (χ0v) is 9.96. The first-order valence-electron chi connectivity index (χ1n) is 5.59. The summed E-state index contributed by atoms with van der Waals surface area (Å²) in [5.74, 6) is -0.173. The normalized spacial score (nSPS) is 12.1. The highest BCUT2D eigenvalue weighted by atomic mass is 16.6. The molecule has 0 fully saturated rings. The van der Waals surface area contributed by atoms with Crippen LogP contribution < -0.4 is 11.1 Å². The predicted octanol–water partition coefficient (Wildman–Crippen LogP) is 1.19. The molecule has 2 aromatic rings. The molecule has 0 aliphatic heterocycles. The minimum absolute atomic E-state index is 0.000126. The lowest BCUT2D eigenvalue weighted by molar-refractivity contribution is 0.0942. The second kappa shape index (κ2) is 5.31.